The molecule has 0 atom stereocenters. The monoisotopic (exact) mass is 72.0 g/mol. The van der Waals surface area contributed by atoms with E-state index in [-0.39, 0.29) is 0 Å². The number of hydrogen-bond acceptors (Lipinski definition) is 2. The third-order valence-electron chi connectivity index (χ3n) is 0.0556. The number of hydrogen-bond donors (Lipinski definition) is 0. The van der Waals surface area contributed by atoms with Gasteiger partial charge in [-0.25, -0.2) is 0 Å². The Morgan fingerprint density at radius 3 is 2.00 bits per heavy atom. The van der Waals surface area contributed by atoms with Crippen LogP contribution in [0.4, 0.5) is 0 Å². The van der Waals surface area contributed by atoms with Crippen molar-refractivity contribution in [1.29, 1.82) is 0 Å². The molecule has 0 saturated heterocycles. The maximum absolute atomic E-state index is 9.01. The Morgan fingerprint density at radius 2 is 2.00 bits per heavy atom. The first-order valence-electron chi connectivity index (χ1n) is 0.805. The number of rotatable bonds is 1. The van der Waals surface area contributed by atoms with Crippen LogP contribution in [0.25, 0.3) is 0 Å². The van der Waals surface area contributed by atoms with E-state index in [0.717, 1.165) is 0 Å². The molecule has 0 fully saturated rings. The molecule has 0 aromatic rings. The molecule has 0 aromatic heterocycles. The second kappa shape index (κ2) is 2.88. The van der Waals surface area contributed by atoms with Gasteiger partial charge < -0.3 is 0 Å². The first-order chi connectivity index (χ1) is 1.91. The van der Waals surface area contributed by atoms with Gasteiger partial charge in [-0.2, -0.15) is 0 Å². The minimum absolute atomic E-state index is 0.403. The third kappa shape index (κ3) is 1.88. The maximum atomic E-state index is 9.01. The van der Waals surface area contributed by atoms with Crippen LogP contribution < -0.4 is 0 Å². The molecule has 0 aliphatic heterocycles. The molecule has 4 heteroatoms. The van der Waals surface area contributed by atoms with E-state index in [1.165, 1.54) is 0 Å². The molecule has 4 heavy (non-hydrogen) atoms. The van der Waals surface area contributed by atoms with Crippen LogP contribution in [0.15, 0.2) is 0 Å². The minimum atomic E-state index is -1.15. The second-order valence-electron chi connectivity index (χ2n) is 0.272. The van der Waals surface area contributed by atoms with E-state index >= 15 is 0 Å². The molecule has 0 unspecified atom stereocenters. The predicted molar refractivity (Wildman–Crippen MR) is 14.3 cm³/mol. The van der Waals surface area contributed by atoms with Crippen molar-refractivity contribution in [2.24, 2.45) is 0 Å². The van der Waals surface area contributed by atoms with E-state index in [0.29, 0.717) is 6.74 Å². The summed E-state index contributed by atoms with van der Waals surface area (Å²) in [6, 6.07) is 0. The second-order valence-corrected chi connectivity index (χ2v) is 0.816. The van der Waals surface area contributed by atoms with Gasteiger partial charge in [-0.05, 0) is 0 Å². The van der Waals surface area contributed by atoms with Gasteiger partial charge in [0.05, 0.1) is 0 Å². The Morgan fingerprint density at radius 1 is 1.75 bits per heavy atom. The summed E-state index contributed by atoms with van der Waals surface area (Å²) in [4.78, 5) is 0. The summed E-state index contributed by atoms with van der Waals surface area (Å²) in [5.41, 5.74) is 0. The van der Waals surface area contributed by atoms with Gasteiger partial charge >= 0.3 is 25.2 Å². The molecule has 0 aromatic carbocycles. The van der Waals surface area contributed by atoms with E-state index in [1.807, 2.05) is 0 Å². The van der Waals surface area contributed by atoms with Crippen LogP contribution in [0.2, 0.25) is 0 Å². The fourth-order valence-electron chi connectivity index (χ4n) is 0. The predicted octanol–water partition coefficient (Wildman–Crippen LogP) is -1.27. The van der Waals surface area contributed by atoms with Crippen LogP contribution in [-0.2, 0) is 9.17 Å². The topological polar surface area (TPSA) is 34.1 Å². The standard InChI is InChI=1S/BHO2Si/c2-1-4-3/h4H. The average molecular weight is 71.9 g/mol. The molecular weight excluding hydrogens is 70.9 g/mol. The van der Waals surface area contributed by atoms with Gasteiger partial charge in [0.2, 0.25) is 0 Å². The normalized spacial score (nSPS) is 4.00. The van der Waals surface area contributed by atoms with Crippen molar-refractivity contribution >= 4 is 16.0 Å². The molecule has 0 bridgehead atoms. The van der Waals surface area contributed by atoms with Crippen molar-refractivity contribution in [2.45, 2.75) is 0 Å². The molecule has 2 nitrogen and oxygen atoms in total. The van der Waals surface area contributed by atoms with Gasteiger partial charge in [0, 0.05) is 0 Å². The van der Waals surface area contributed by atoms with Crippen LogP contribution in [0.3, 0.4) is 0 Å². The zero-order valence-electron chi connectivity index (χ0n) is 1.97. The molecule has 0 aliphatic rings. The molecule has 0 radical (unpaired) electrons. The molecule has 0 N–H and O–H groups in total. The van der Waals surface area contributed by atoms with Crippen molar-refractivity contribution in [1.82, 2.24) is 0 Å². The SMILES string of the molecule is O=B[SiH]=O. The van der Waals surface area contributed by atoms with Crippen LogP contribution in [0.5, 0.6) is 0 Å². The Hall–Kier alpha value is -0.118. The van der Waals surface area contributed by atoms with Crippen molar-refractivity contribution in [3.05, 3.63) is 0 Å². The van der Waals surface area contributed by atoms with E-state index in [1.54, 1.807) is 0 Å². The Bertz CT molecular complexity index is 27.0. The summed E-state index contributed by atoms with van der Waals surface area (Å²) in [5, 5.41) is 0. The van der Waals surface area contributed by atoms with E-state index in [4.69, 9.17) is 9.17 Å². The first-order valence-corrected chi connectivity index (χ1v) is 1.94. The van der Waals surface area contributed by atoms with Crippen LogP contribution in [-0.4, -0.2) is 16.0 Å². The molecular formula is HBO2Si. The van der Waals surface area contributed by atoms with Crippen molar-refractivity contribution in [3.8, 4) is 0 Å². The van der Waals surface area contributed by atoms with Gasteiger partial charge in [0.25, 0.3) is 0 Å². The third-order valence-corrected chi connectivity index (χ3v) is 0.167. The van der Waals surface area contributed by atoms with Gasteiger partial charge in [0.15, 0.2) is 0 Å². The molecule has 0 rings (SSSR count). The van der Waals surface area contributed by atoms with E-state index < -0.39 is 9.28 Å². The summed E-state index contributed by atoms with van der Waals surface area (Å²) in [7, 11) is -1.15. The summed E-state index contributed by atoms with van der Waals surface area (Å²) in [6.45, 7) is 0.403. The summed E-state index contributed by atoms with van der Waals surface area (Å²) in [5.74, 6) is 0. The van der Waals surface area contributed by atoms with Crippen LogP contribution in [0.1, 0.15) is 0 Å². The van der Waals surface area contributed by atoms with Gasteiger partial charge in [-0.1, -0.05) is 0 Å². The summed E-state index contributed by atoms with van der Waals surface area (Å²) >= 11 is 0. The zero-order chi connectivity index (χ0) is 3.41. The molecule has 20 valence electrons. The fourth-order valence-corrected chi connectivity index (χ4v) is 0. The fraction of sp³-hybridized carbons (Fsp3) is 0. The Balaban J connectivity index is 2.73. The molecule has 0 spiro atoms. The van der Waals surface area contributed by atoms with Crippen molar-refractivity contribution < 1.29 is 9.17 Å². The summed E-state index contributed by atoms with van der Waals surface area (Å²) in [6.07, 6.45) is 0. The van der Waals surface area contributed by atoms with Crippen LogP contribution >= 0.6 is 0 Å². The Labute approximate surface area is 26.3 Å². The molecule has 0 heterocycles. The van der Waals surface area contributed by atoms with Gasteiger partial charge in [-0.15, -0.1) is 0 Å². The Kier molecular flexibility index (Phi) is 2.80. The zero-order valence-corrected chi connectivity index (χ0v) is 3.13. The first kappa shape index (κ1) is 3.88. The molecule has 0 amide bonds. The molecule has 0 aliphatic carbocycles. The van der Waals surface area contributed by atoms with Crippen molar-refractivity contribution in [2.75, 3.05) is 0 Å². The summed E-state index contributed by atoms with van der Waals surface area (Å²) < 4.78 is 17.9. The average Bonchev–Trinajstić information content (AvgIpc) is 1.37. The quantitative estimate of drug-likeness (QED) is 0.362. The van der Waals surface area contributed by atoms with Gasteiger partial charge in [-0.3, -0.25) is 0 Å². The van der Waals surface area contributed by atoms with Crippen molar-refractivity contribution in [3.63, 3.8) is 0 Å². The molecule has 0 saturated carbocycles. The van der Waals surface area contributed by atoms with Crippen LogP contribution in [0, 0.1) is 0 Å². The van der Waals surface area contributed by atoms with E-state index in [9.17, 15) is 0 Å². The van der Waals surface area contributed by atoms with Gasteiger partial charge in [0.1, 0.15) is 0 Å². The van der Waals surface area contributed by atoms with E-state index in [2.05, 4.69) is 0 Å².